The van der Waals surface area contributed by atoms with Gasteiger partial charge in [0.1, 0.15) is 5.60 Å². The number of likely N-dealkylation sites (tertiary alicyclic amines) is 1. The first kappa shape index (κ1) is 13.8. The van der Waals surface area contributed by atoms with Gasteiger partial charge in [0, 0.05) is 0 Å². The van der Waals surface area contributed by atoms with E-state index in [1.807, 2.05) is 37.3 Å². The van der Waals surface area contributed by atoms with E-state index < -0.39 is 5.60 Å². The molecule has 6 nitrogen and oxygen atoms in total. The van der Waals surface area contributed by atoms with Crippen LogP contribution >= 0.6 is 0 Å². The second-order valence-electron chi connectivity index (χ2n) is 5.43. The van der Waals surface area contributed by atoms with Crippen LogP contribution in [0.5, 0.6) is 0 Å². The van der Waals surface area contributed by atoms with E-state index in [0.29, 0.717) is 5.56 Å². The van der Waals surface area contributed by atoms with Crippen molar-refractivity contribution in [1.29, 1.82) is 0 Å². The molecule has 1 aliphatic rings. The van der Waals surface area contributed by atoms with E-state index in [9.17, 15) is 9.90 Å². The number of aliphatic hydroxyl groups is 2. The average molecular weight is 287 g/mol. The number of hydrogen-bond acceptors (Lipinski definition) is 4. The Balaban J connectivity index is 1.82. The zero-order valence-electron chi connectivity index (χ0n) is 11.7. The molecule has 6 heteroatoms. The van der Waals surface area contributed by atoms with Gasteiger partial charge in [-0.2, -0.15) is 5.10 Å². The van der Waals surface area contributed by atoms with E-state index >= 15 is 0 Å². The summed E-state index contributed by atoms with van der Waals surface area (Å²) >= 11 is 0. The highest BCUT2D eigenvalue weighted by molar-refractivity contribution is 5.96. The standard InChI is InChI=1S/C15H17N3O3/c1-11-13(14(20)17-8-15(21,9-17)10-19)7-16-18(11)12-5-3-2-4-6-12/h2-7,19,21H,8-10H2,1H3. The normalized spacial score (nSPS) is 16.6. The second kappa shape index (κ2) is 4.98. The quantitative estimate of drug-likeness (QED) is 0.854. The van der Waals surface area contributed by atoms with E-state index in [0.717, 1.165) is 11.4 Å². The highest BCUT2D eigenvalue weighted by Crippen LogP contribution is 2.24. The Labute approximate surface area is 122 Å². The van der Waals surface area contributed by atoms with Gasteiger partial charge < -0.3 is 15.1 Å². The lowest BCUT2D eigenvalue weighted by molar-refractivity contribution is -0.109. The molecule has 0 atom stereocenters. The average Bonchev–Trinajstić information content (AvgIpc) is 2.86. The summed E-state index contributed by atoms with van der Waals surface area (Å²) in [6.07, 6.45) is 1.54. The molecule has 1 aromatic carbocycles. The third kappa shape index (κ3) is 2.32. The van der Waals surface area contributed by atoms with Crippen LogP contribution in [0.4, 0.5) is 0 Å². The fourth-order valence-electron chi connectivity index (χ4n) is 2.53. The van der Waals surface area contributed by atoms with Gasteiger partial charge in [-0.1, -0.05) is 18.2 Å². The highest BCUT2D eigenvalue weighted by Gasteiger charge is 2.43. The molecule has 0 spiro atoms. The van der Waals surface area contributed by atoms with Crippen LogP contribution < -0.4 is 0 Å². The number of β-amino-alcohol motifs (C(OH)–C–C–N with tert-alkyl or cyclic N) is 1. The third-order valence-corrected chi connectivity index (χ3v) is 3.79. The number of carbonyl (C=O) groups is 1. The maximum Gasteiger partial charge on any atom is 0.257 e. The smallest absolute Gasteiger partial charge is 0.257 e. The molecular weight excluding hydrogens is 270 g/mol. The minimum atomic E-state index is -1.15. The van der Waals surface area contributed by atoms with Gasteiger partial charge in [-0.05, 0) is 19.1 Å². The number of aromatic nitrogens is 2. The van der Waals surface area contributed by atoms with Crippen LogP contribution in [-0.2, 0) is 0 Å². The molecule has 0 bridgehead atoms. The van der Waals surface area contributed by atoms with E-state index in [-0.39, 0.29) is 25.6 Å². The predicted molar refractivity (Wildman–Crippen MR) is 76.2 cm³/mol. The van der Waals surface area contributed by atoms with Crippen LogP contribution in [0.15, 0.2) is 36.5 Å². The molecule has 110 valence electrons. The first-order chi connectivity index (χ1) is 10.0. The first-order valence-corrected chi connectivity index (χ1v) is 6.77. The largest absolute Gasteiger partial charge is 0.393 e. The van der Waals surface area contributed by atoms with E-state index in [1.165, 1.54) is 4.90 Å². The molecule has 0 aliphatic carbocycles. The van der Waals surface area contributed by atoms with Crippen molar-refractivity contribution in [1.82, 2.24) is 14.7 Å². The summed E-state index contributed by atoms with van der Waals surface area (Å²) in [4.78, 5) is 13.9. The molecule has 1 aliphatic heterocycles. The van der Waals surface area contributed by atoms with Crippen LogP contribution in [0.25, 0.3) is 5.69 Å². The molecule has 1 aromatic heterocycles. The summed E-state index contributed by atoms with van der Waals surface area (Å²) in [7, 11) is 0. The monoisotopic (exact) mass is 287 g/mol. The molecular formula is C15H17N3O3. The van der Waals surface area contributed by atoms with Crippen LogP contribution in [0.3, 0.4) is 0 Å². The molecule has 0 saturated carbocycles. The van der Waals surface area contributed by atoms with E-state index in [4.69, 9.17) is 5.11 Å². The summed E-state index contributed by atoms with van der Waals surface area (Å²) in [5, 5.41) is 23.1. The second-order valence-corrected chi connectivity index (χ2v) is 5.43. The number of hydrogen-bond donors (Lipinski definition) is 2. The number of rotatable bonds is 3. The lowest BCUT2D eigenvalue weighted by Gasteiger charge is -2.45. The topological polar surface area (TPSA) is 78.6 Å². The van der Waals surface area contributed by atoms with Crippen molar-refractivity contribution < 1.29 is 15.0 Å². The molecule has 3 rings (SSSR count). The predicted octanol–water partition coefficient (Wildman–Crippen LogP) is 0.360. The Kier molecular flexibility index (Phi) is 3.27. The third-order valence-electron chi connectivity index (χ3n) is 3.79. The number of amides is 1. The van der Waals surface area contributed by atoms with Crippen molar-refractivity contribution in [2.75, 3.05) is 19.7 Å². The van der Waals surface area contributed by atoms with Gasteiger partial charge in [0.15, 0.2) is 0 Å². The highest BCUT2D eigenvalue weighted by atomic mass is 16.3. The molecule has 1 amide bonds. The summed E-state index contributed by atoms with van der Waals surface area (Å²) in [6, 6.07) is 9.58. The Morgan fingerprint density at radius 3 is 2.62 bits per heavy atom. The zero-order chi connectivity index (χ0) is 15.0. The molecule has 2 heterocycles. The molecule has 0 unspecified atom stereocenters. The molecule has 2 aromatic rings. The Hall–Kier alpha value is -2.18. The van der Waals surface area contributed by atoms with Crippen molar-refractivity contribution in [2.45, 2.75) is 12.5 Å². The van der Waals surface area contributed by atoms with Crippen molar-refractivity contribution in [2.24, 2.45) is 0 Å². The fraction of sp³-hybridized carbons (Fsp3) is 0.333. The van der Waals surface area contributed by atoms with Crippen LogP contribution in [0.2, 0.25) is 0 Å². The van der Waals surface area contributed by atoms with Gasteiger partial charge in [0.25, 0.3) is 5.91 Å². The molecule has 21 heavy (non-hydrogen) atoms. The van der Waals surface area contributed by atoms with Crippen molar-refractivity contribution in [3.8, 4) is 5.69 Å². The molecule has 1 fully saturated rings. The Morgan fingerprint density at radius 1 is 1.33 bits per heavy atom. The minimum absolute atomic E-state index is 0.151. The van der Waals surface area contributed by atoms with Gasteiger partial charge in [-0.3, -0.25) is 4.79 Å². The molecule has 0 radical (unpaired) electrons. The van der Waals surface area contributed by atoms with E-state index in [1.54, 1.807) is 10.9 Å². The number of para-hydroxylation sites is 1. The number of aliphatic hydroxyl groups excluding tert-OH is 1. The minimum Gasteiger partial charge on any atom is -0.393 e. The van der Waals surface area contributed by atoms with Gasteiger partial charge in [0.2, 0.25) is 0 Å². The fourth-order valence-corrected chi connectivity index (χ4v) is 2.53. The summed E-state index contributed by atoms with van der Waals surface area (Å²) < 4.78 is 1.71. The maximum atomic E-state index is 12.4. The summed E-state index contributed by atoms with van der Waals surface area (Å²) in [5.41, 5.74) is 1.01. The van der Waals surface area contributed by atoms with Gasteiger partial charge >= 0.3 is 0 Å². The first-order valence-electron chi connectivity index (χ1n) is 6.77. The van der Waals surface area contributed by atoms with Crippen molar-refractivity contribution >= 4 is 5.91 Å². The molecule has 2 N–H and O–H groups in total. The van der Waals surface area contributed by atoms with Gasteiger partial charge in [-0.15, -0.1) is 0 Å². The van der Waals surface area contributed by atoms with Crippen LogP contribution in [-0.4, -0.2) is 56.1 Å². The maximum absolute atomic E-state index is 12.4. The van der Waals surface area contributed by atoms with Crippen molar-refractivity contribution in [3.63, 3.8) is 0 Å². The summed E-state index contributed by atoms with van der Waals surface area (Å²) in [6.45, 7) is 1.81. The Morgan fingerprint density at radius 2 is 2.00 bits per heavy atom. The zero-order valence-corrected chi connectivity index (χ0v) is 11.7. The lowest BCUT2D eigenvalue weighted by Crippen LogP contribution is -2.65. The van der Waals surface area contributed by atoms with Crippen LogP contribution in [0, 0.1) is 6.92 Å². The van der Waals surface area contributed by atoms with Crippen molar-refractivity contribution in [3.05, 3.63) is 47.8 Å². The SMILES string of the molecule is Cc1c(C(=O)N2CC(O)(CO)C2)cnn1-c1ccccc1. The summed E-state index contributed by atoms with van der Waals surface area (Å²) in [5.74, 6) is -0.173. The number of nitrogens with zero attached hydrogens (tertiary/aromatic N) is 3. The van der Waals surface area contributed by atoms with Crippen LogP contribution in [0.1, 0.15) is 16.1 Å². The van der Waals surface area contributed by atoms with E-state index in [2.05, 4.69) is 5.10 Å². The Bertz CT molecular complexity index is 660. The van der Waals surface area contributed by atoms with Gasteiger partial charge in [-0.25, -0.2) is 4.68 Å². The van der Waals surface area contributed by atoms with Gasteiger partial charge in [0.05, 0.1) is 42.8 Å². The number of benzene rings is 1. The number of carbonyl (C=O) groups excluding carboxylic acids is 1. The molecule has 1 saturated heterocycles. The lowest BCUT2D eigenvalue weighted by atomic mass is 9.94.